The minimum absolute atomic E-state index is 0.125. The lowest BCUT2D eigenvalue weighted by atomic mass is 10.1. The molecular formula is C18H16N4O4. The Hall–Kier alpha value is -3.55. The molecule has 0 radical (unpaired) electrons. The first kappa shape index (κ1) is 17.3. The Morgan fingerprint density at radius 3 is 2.54 bits per heavy atom. The number of anilines is 1. The van der Waals surface area contributed by atoms with Gasteiger partial charge in [0, 0.05) is 37.9 Å². The van der Waals surface area contributed by atoms with Crippen LogP contribution < -0.4 is 10.6 Å². The molecule has 1 aliphatic rings. The average molecular weight is 352 g/mol. The molecule has 0 saturated heterocycles. The highest BCUT2D eigenvalue weighted by molar-refractivity contribution is 6.13. The van der Waals surface area contributed by atoms with Crippen LogP contribution in [-0.2, 0) is 16.0 Å². The highest BCUT2D eigenvalue weighted by Gasteiger charge is 2.23. The summed E-state index contributed by atoms with van der Waals surface area (Å²) in [4.78, 5) is 40.0. The molecule has 2 aromatic rings. The Morgan fingerprint density at radius 2 is 1.88 bits per heavy atom. The Balaban J connectivity index is 1.65. The highest BCUT2D eigenvalue weighted by atomic mass is 16.5. The van der Waals surface area contributed by atoms with E-state index < -0.39 is 5.91 Å². The standard InChI is InChI=1S/C18H16N4O4/c1-19-18(25)16-13(6-8-20-16)17(24)21-12-4-2-11(3-5-12)10-15(23)14-7-9-26-22-14/h2-5,7-9H,6,10H2,1H3,(H,19,25)(H,21,24). The smallest absolute Gasteiger partial charge is 0.270 e. The summed E-state index contributed by atoms with van der Waals surface area (Å²) >= 11 is 0. The number of ketones is 1. The van der Waals surface area contributed by atoms with Crippen molar-refractivity contribution in [2.45, 2.75) is 12.8 Å². The number of hydrogen-bond donors (Lipinski definition) is 2. The van der Waals surface area contributed by atoms with Crippen molar-refractivity contribution in [1.82, 2.24) is 10.5 Å². The average Bonchev–Trinajstić information content (AvgIpc) is 3.34. The normalized spacial score (nSPS) is 13.0. The number of rotatable bonds is 6. The quantitative estimate of drug-likeness (QED) is 0.765. The van der Waals surface area contributed by atoms with Gasteiger partial charge in [-0.1, -0.05) is 17.3 Å². The van der Waals surface area contributed by atoms with Gasteiger partial charge in [0.15, 0.2) is 5.78 Å². The van der Waals surface area contributed by atoms with Gasteiger partial charge in [0.25, 0.3) is 11.8 Å². The van der Waals surface area contributed by atoms with Crippen LogP contribution in [0.15, 0.2) is 57.4 Å². The van der Waals surface area contributed by atoms with E-state index in [0.717, 1.165) is 5.56 Å². The zero-order valence-corrected chi connectivity index (χ0v) is 14.0. The van der Waals surface area contributed by atoms with Gasteiger partial charge in [-0.25, -0.2) is 0 Å². The minimum atomic E-state index is -0.398. The Morgan fingerprint density at radius 1 is 1.12 bits per heavy atom. The molecule has 2 N–H and O–H groups in total. The molecule has 2 heterocycles. The lowest BCUT2D eigenvalue weighted by Gasteiger charge is -2.08. The second kappa shape index (κ2) is 7.56. The maximum atomic E-state index is 12.4. The number of carbonyl (C=O) groups is 3. The molecule has 8 heteroatoms. The fraction of sp³-hybridized carbons (Fsp3) is 0.167. The number of nitrogens with zero attached hydrogens (tertiary/aromatic N) is 2. The monoisotopic (exact) mass is 352 g/mol. The molecule has 8 nitrogen and oxygen atoms in total. The van der Waals surface area contributed by atoms with Gasteiger partial charge in [-0.2, -0.15) is 0 Å². The molecule has 0 saturated carbocycles. The Kier molecular flexibility index (Phi) is 5.02. The van der Waals surface area contributed by atoms with Crippen LogP contribution in [0.2, 0.25) is 0 Å². The predicted molar refractivity (Wildman–Crippen MR) is 93.8 cm³/mol. The summed E-state index contributed by atoms with van der Waals surface area (Å²) in [7, 11) is 1.48. The summed E-state index contributed by atoms with van der Waals surface area (Å²) in [6.07, 6.45) is 3.36. The third-order valence-corrected chi connectivity index (χ3v) is 3.82. The van der Waals surface area contributed by atoms with Crippen LogP contribution in [0.5, 0.6) is 0 Å². The first-order valence-corrected chi connectivity index (χ1v) is 7.90. The lowest BCUT2D eigenvalue weighted by molar-refractivity contribution is -0.118. The molecule has 0 atom stereocenters. The van der Waals surface area contributed by atoms with Crippen molar-refractivity contribution < 1.29 is 18.9 Å². The van der Waals surface area contributed by atoms with E-state index in [0.29, 0.717) is 17.7 Å². The summed E-state index contributed by atoms with van der Waals surface area (Å²) in [5.41, 5.74) is 2.06. The maximum Gasteiger partial charge on any atom is 0.270 e. The largest absolute Gasteiger partial charge is 0.364 e. The van der Waals surface area contributed by atoms with Crippen LogP contribution in [0, 0.1) is 0 Å². The van der Waals surface area contributed by atoms with Crippen LogP contribution in [0.3, 0.4) is 0 Å². The molecule has 26 heavy (non-hydrogen) atoms. The van der Waals surface area contributed by atoms with E-state index in [1.54, 1.807) is 24.3 Å². The number of hydrogen-bond acceptors (Lipinski definition) is 6. The van der Waals surface area contributed by atoms with E-state index >= 15 is 0 Å². The zero-order chi connectivity index (χ0) is 18.5. The second-order valence-corrected chi connectivity index (χ2v) is 5.56. The van der Waals surface area contributed by atoms with E-state index in [4.69, 9.17) is 0 Å². The van der Waals surface area contributed by atoms with E-state index in [1.807, 2.05) is 0 Å². The van der Waals surface area contributed by atoms with Gasteiger partial charge in [0.05, 0.1) is 5.57 Å². The number of nitrogens with one attached hydrogen (secondary N) is 2. The molecule has 0 aliphatic carbocycles. The summed E-state index contributed by atoms with van der Waals surface area (Å²) in [6, 6.07) is 8.39. The summed E-state index contributed by atoms with van der Waals surface area (Å²) < 4.78 is 4.66. The summed E-state index contributed by atoms with van der Waals surface area (Å²) in [5, 5.41) is 8.80. The molecule has 2 amide bonds. The van der Waals surface area contributed by atoms with Crippen molar-refractivity contribution in [3.05, 3.63) is 59.1 Å². The maximum absolute atomic E-state index is 12.4. The van der Waals surface area contributed by atoms with Crippen LogP contribution in [0.1, 0.15) is 22.5 Å². The number of aliphatic imine (C=N–C) groups is 1. The predicted octanol–water partition coefficient (Wildman–Crippen LogP) is 1.51. The molecule has 3 rings (SSSR count). The van der Waals surface area contributed by atoms with Crippen molar-refractivity contribution in [2.24, 2.45) is 4.99 Å². The van der Waals surface area contributed by atoms with Crippen molar-refractivity contribution in [3.63, 3.8) is 0 Å². The number of carbonyl (C=O) groups excluding carboxylic acids is 3. The van der Waals surface area contributed by atoms with Crippen molar-refractivity contribution in [1.29, 1.82) is 0 Å². The van der Waals surface area contributed by atoms with Gasteiger partial charge in [0.2, 0.25) is 0 Å². The van der Waals surface area contributed by atoms with Crippen LogP contribution >= 0.6 is 0 Å². The topological polar surface area (TPSA) is 114 Å². The fourth-order valence-corrected chi connectivity index (χ4v) is 2.46. The van der Waals surface area contributed by atoms with Gasteiger partial charge in [-0.3, -0.25) is 19.4 Å². The first-order valence-electron chi connectivity index (χ1n) is 7.90. The molecule has 1 aliphatic heterocycles. The van der Waals surface area contributed by atoms with Gasteiger partial charge in [-0.05, 0) is 17.7 Å². The zero-order valence-electron chi connectivity index (χ0n) is 14.0. The molecular weight excluding hydrogens is 336 g/mol. The minimum Gasteiger partial charge on any atom is -0.364 e. The van der Waals surface area contributed by atoms with Gasteiger partial charge < -0.3 is 15.2 Å². The van der Waals surface area contributed by atoms with Gasteiger partial charge in [-0.15, -0.1) is 0 Å². The van der Waals surface area contributed by atoms with Crippen LogP contribution in [-0.4, -0.2) is 36.0 Å². The fourth-order valence-electron chi connectivity index (χ4n) is 2.46. The molecule has 0 fully saturated rings. The van der Waals surface area contributed by atoms with Crippen molar-refractivity contribution in [3.8, 4) is 0 Å². The van der Waals surface area contributed by atoms with E-state index in [-0.39, 0.29) is 29.5 Å². The third kappa shape index (κ3) is 3.75. The number of likely N-dealkylation sites (N-methyl/N-ethyl adjacent to an activating group) is 1. The Labute approximate surface area is 149 Å². The number of Topliss-reactive ketones (excluding diaryl/α,β-unsaturated/α-hetero) is 1. The molecule has 0 bridgehead atoms. The number of aromatic nitrogens is 1. The first-order chi connectivity index (χ1) is 12.6. The summed E-state index contributed by atoms with van der Waals surface area (Å²) in [5.74, 6) is -0.933. The van der Waals surface area contributed by atoms with Gasteiger partial charge in [0.1, 0.15) is 17.7 Å². The summed E-state index contributed by atoms with van der Waals surface area (Å²) in [6.45, 7) is 0. The van der Waals surface area contributed by atoms with Gasteiger partial charge >= 0.3 is 0 Å². The molecule has 0 spiro atoms. The number of amides is 2. The lowest BCUT2D eigenvalue weighted by Crippen LogP contribution is -2.23. The third-order valence-electron chi connectivity index (χ3n) is 3.82. The Bertz CT molecular complexity index is 896. The van der Waals surface area contributed by atoms with Crippen molar-refractivity contribution >= 4 is 29.5 Å². The second-order valence-electron chi connectivity index (χ2n) is 5.56. The van der Waals surface area contributed by atoms with E-state index in [9.17, 15) is 14.4 Å². The molecule has 1 aromatic carbocycles. The SMILES string of the molecule is CNC(=O)C1=C(C(=O)Nc2ccc(CC(=O)c3ccon3)cc2)CC=N1. The number of benzene rings is 1. The van der Waals surface area contributed by atoms with Crippen LogP contribution in [0.25, 0.3) is 0 Å². The van der Waals surface area contributed by atoms with E-state index in [1.165, 1.54) is 25.6 Å². The highest BCUT2D eigenvalue weighted by Crippen LogP contribution is 2.19. The molecule has 0 unspecified atom stereocenters. The molecule has 1 aromatic heterocycles. The van der Waals surface area contributed by atoms with Crippen LogP contribution in [0.4, 0.5) is 5.69 Å². The van der Waals surface area contributed by atoms with Crippen molar-refractivity contribution in [2.75, 3.05) is 12.4 Å². The molecule has 132 valence electrons. The van der Waals surface area contributed by atoms with E-state index in [2.05, 4.69) is 25.3 Å².